The van der Waals surface area contributed by atoms with Crippen molar-refractivity contribution in [3.8, 4) is 0 Å². The highest BCUT2D eigenvalue weighted by atomic mass is 16.1. The third-order valence-electron chi connectivity index (χ3n) is 2.66. The van der Waals surface area contributed by atoms with Crippen molar-refractivity contribution in [3.05, 3.63) is 46.7 Å². The van der Waals surface area contributed by atoms with Crippen molar-refractivity contribution in [3.63, 3.8) is 0 Å². The minimum absolute atomic E-state index is 0.289. The first-order chi connectivity index (χ1) is 9.24. The molecule has 0 saturated carbocycles. The van der Waals surface area contributed by atoms with Gasteiger partial charge in [0, 0.05) is 12.3 Å². The van der Waals surface area contributed by atoms with E-state index >= 15 is 0 Å². The van der Waals surface area contributed by atoms with Gasteiger partial charge in [-0.1, -0.05) is 0 Å². The predicted molar refractivity (Wildman–Crippen MR) is 67.7 cm³/mol. The van der Waals surface area contributed by atoms with Gasteiger partial charge in [0.15, 0.2) is 5.65 Å². The highest BCUT2D eigenvalue weighted by Crippen LogP contribution is 2.08. The number of nitrogens with one attached hydrogen (secondary N) is 2. The first-order valence-electron chi connectivity index (χ1n) is 5.67. The molecule has 0 spiro atoms. The van der Waals surface area contributed by atoms with Gasteiger partial charge in [-0.05, 0) is 13.0 Å². The van der Waals surface area contributed by atoms with Crippen molar-refractivity contribution >= 4 is 11.5 Å². The average molecular weight is 257 g/mol. The van der Waals surface area contributed by atoms with Crippen LogP contribution in [0.5, 0.6) is 0 Å². The van der Waals surface area contributed by atoms with Gasteiger partial charge in [-0.15, -0.1) is 0 Å². The molecule has 96 valence electrons. The molecule has 0 saturated heterocycles. The quantitative estimate of drug-likeness (QED) is 0.691. The summed E-state index contributed by atoms with van der Waals surface area (Å²) in [4.78, 5) is 23.7. The molecular weight excluding hydrogens is 246 g/mol. The molecule has 0 atom stereocenters. The van der Waals surface area contributed by atoms with Gasteiger partial charge in [0.1, 0.15) is 18.0 Å². The molecule has 8 nitrogen and oxygen atoms in total. The lowest BCUT2D eigenvalue weighted by Gasteiger charge is -2.06. The summed E-state index contributed by atoms with van der Waals surface area (Å²) >= 11 is 0. The number of hydrogen-bond donors (Lipinski definition) is 2. The van der Waals surface area contributed by atoms with Gasteiger partial charge >= 0.3 is 5.69 Å². The SMILES string of the molecule is Cc1nc(NCc2ccncn2)cc2n[nH]c(=O)n12. The monoisotopic (exact) mass is 257 g/mol. The number of aromatic nitrogens is 6. The molecule has 3 heterocycles. The van der Waals surface area contributed by atoms with Crippen LogP contribution in [0.4, 0.5) is 5.82 Å². The Balaban J connectivity index is 1.88. The zero-order valence-corrected chi connectivity index (χ0v) is 10.2. The molecule has 19 heavy (non-hydrogen) atoms. The van der Waals surface area contributed by atoms with Crippen LogP contribution in [0.15, 0.2) is 29.5 Å². The van der Waals surface area contributed by atoms with Crippen LogP contribution in [0, 0.1) is 6.92 Å². The molecule has 0 aliphatic heterocycles. The number of rotatable bonds is 3. The van der Waals surface area contributed by atoms with Crippen molar-refractivity contribution in [1.82, 2.24) is 29.5 Å². The van der Waals surface area contributed by atoms with E-state index in [2.05, 4.69) is 30.5 Å². The third kappa shape index (κ3) is 2.15. The maximum absolute atomic E-state index is 11.5. The number of hydrogen-bond acceptors (Lipinski definition) is 6. The average Bonchev–Trinajstić information content (AvgIpc) is 2.80. The van der Waals surface area contributed by atoms with Crippen LogP contribution >= 0.6 is 0 Å². The lowest BCUT2D eigenvalue weighted by atomic mass is 10.4. The van der Waals surface area contributed by atoms with Gasteiger partial charge < -0.3 is 5.32 Å². The Morgan fingerprint density at radius 3 is 3.16 bits per heavy atom. The summed E-state index contributed by atoms with van der Waals surface area (Å²) in [6.07, 6.45) is 3.17. The summed E-state index contributed by atoms with van der Waals surface area (Å²) in [7, 11) is 0. The molecule has 8 heteroatoms. The first kappa shape index (κ1) is 11.3. The second-order valence-corrected chi connectivity index (χ2v) is 3.97. The summed E-state index contributed by atoms with van der Waals surface area (Å²) in [5.74, 6) is 1.21. The minimum atomic E-state index is -0.289. The van der Waals surface area contributed by atoms with Crippen molar-refractivity contribution in [1.29, 1.82) is 0 Å². The fourth-order valence-corrected chi connectivity index (χ4v) is 1.79. The fraction of sp³-hybridized carbons (Fsp3) is 0.182. The smallest absolute Gasteiger partial charge is 0.349 e. The van der Waals surface area contributed by atoms with Gasteiger partial charge in [0.25, 0.3) is 0 Å². The standard InChI is InChI=1S/C11H11N7O/c1-7-15-9(4-10-16-17-11(19)18(7)10)13-5-8-2-3-12-6-14-8/h2-4,6,13H,5H2,1H3,(H,17,19). The summed E-state index contributed by atoms with van der Waals surface area (Å²) in [5.41, 5.74) is 1.10. The van der Waals surface area contributed by atoms with Gasteiger partial charge in [-0.25, -0.2) is 29.2 Å². The van der Waals surface area contributed by atoms with E-state index in [-0.39, 0.29) is 5.69 Å². The summed E-state index contributed by atoms with van der Waals surface area (Å²) in [6, 6.07) is 3.52. The minimum Gasteiger partial charge on any atom is -0.364 e. The molecule has 0 aliphatic rings. The molecule has 0 aromatic carbocycles. The lowest BCUT2D eigenvalue weighted by molar-refractivity contribution is 0.925. The topological polar surface area (TPSA) is 101 Å². The number of aryl methyl sites for hydroxylation is 1. The van der Waals surface area contributed by atoms with E-state index in [0.717, 1.165) is 5.69 Å². The Morgan fingerprint density at radius 2 is 2.37 bits per heavy atom. The van der Waals surface area contributed by atoms with Crippen molar-refractivity contribution < 1.29 is 0 Å². The van der Waals surface area contributed by atoms with E-state index in [1.54, 1.807) is 19.2 Å². The van der Waals surface area contributed by atoms with Gasteiger partial charge in [-0.3, -0.25) is 0 Å². The number of aromatic amines is 1. The molecule has 0 amide bonds. The van der Waals surface area contributed by atoms with Gasteiger partial charge in [-0.2, -0.15) is 5.10 Å². The highest BCUT2D eigenvalue weighted by molar-refractivity contribution is 5.49. The van der Waals surface area contributed by atoms with E-state index < -0.39 is 0 Å². The lowest BCUT2D eigenvalue weighted by Crippen LogP contribution is -2.14. The molecular formula is C11H11N7O. The van der Waals surface area contributed by atoms with Crippen molar-refractivity contribution in [2.24, 2.45) is 0 Å². The molecule has 0 unspecified atom stereocenters. The highest BCUT2D eigenvalue weighted by Gasteiger charge is 2.06. The van der Waals surface area contributed by atoms with E-state index in [4.69, 9.17) is 0 Å². The molecule has 3 aromatic heterocycles. The Morgan fingerprint density at radius 1 is 1.47 bits per heavy atom. The van der Waals surface area contributed by atoms with Crippen LogP contribution in [0.3, 0.4) is 0 Å². The second kappa shape index (κ2) is 4.48. The molecule has 0 aliphatic carbocycles. The second-order valence-electron chi connectivity index (χ2n) is 3.97. The third-order valence-corrected chi connectivity index (χ3v) is 2.66. The number of nitrogens with zero attached hydrogens (tertiary/aromatic N) is 5. The van der Waals surface area contributed by atoms with Crippen LogP contribution in [-0.4, -0.2) is 29.5 Å². The van der Waals surface area contributed by atoms with E-state index in [9.17, 15) is 4.79 Å². The molecule has 3 aromatic rings. The Hall–Kier alpha value is -2.77. The molecule has 3 rings (SSSR count). The van der Waals surface area contributed by atoms with E-state index in [1.165, 1.54) is 10.7 Å². The maximum atomic E-state index is 11.5. The van der Waals surface area contributed by atoms with Crippen LogP contribution in [0.1, 0.15) is 11.5 Å². The Bertz CT molecular complexity index is 762. The molecule has 0 fully saturated rings. The Kier molecular flexibility index (Phi) is 2.67. The van der Waals surface area contributed by atoms with Crippen molar-refractivity contribution in [2.75, 3.05) is 5.32 Å². The number of H-pyrrole nitrogens is 1. The van der Waals surface area contributed by atoms with Gasteiger partial charge in [0.2, 0.25) is 0 Å². The van der Waals surface area contributed by atoms with E-state index in [1.807, 2.05) is 6.07 Å². The summed E-state index contributed by atoms with van der Waals surface area (Å²) < 4.78 is 1.41. The van der Waals surface area contributed by atoms with Crippen LogP contribution in [-0.2, 0) is 6.54 Å². The zero-order valence-electron chi connectivity index (χ0n) is 10.2. The first-order valence-corrected chi connectivity index (χ1v) is 5.67. The molecule has 2 N–H and O–H groups in total. The maximum Gasteiger partial charge on any atom is 0.349 e. The van der Waals surface area contributed by atoms with Crippen LogP contribution < -0.4 is 11.0 Å². The van der Waals surface area contributed by atoms with Crippen molar-refractivity contribution in [2.45, 2.75) is 13.5 Å². The molecule has 0 bridgehead atoms. The number of anilines is 1. The zero-order chi connectivity index (χ0) is 13.2. The fourth-order valence-electron chi connectivity index (χ4n) is 1.79. The molecule has 0 radical (unpaired) electrons. The number of fused-ring (bicyclic) bond motifs is 1. The largest absolute Gasteiger partial charge is 0.364 e. The summed E-state index contributed by atoms with van der Waals surface area (Å²) in [6.45, 7) is 2.28. The van der Waals surface area contributed by atoms with E-state index in [0.29, 0.717) is 23.8 Å². The van der Waals surface area contributed by atoms with Gasteiger partial charge in [0.05, 0.1) is 12.2 Å². The normalized spacial score (nSPS) is 10.8. The predicted octanol–water partition coefficient (Wildman–Crippen LogP) is 0.128. The summed E-state index contributed by atoms with van der Waals surface area (Å²) in [5, 5.41) is 9.43. The van der Waals surface area contributed by atoms with Crippen LogP contribution in [0.25, 0.3) is 5.65 Å². The van der Waals surface area contributed by atoms with Crippen LogP contribution in [0.2, 0.25) is 0 Å². The Labute approximate surface area is 107 Å².